The summed E-state index contributed by atoms with van der Waals surface area (Å²) in [6, 6.07) is 21.3. The van der Waals surface area contributed by atoms with Crippen molar-refractivity contribution < 1.29 is 9.18 Å². The van der Waals surface area contributed by atoms with E-state index in [0.29, 0.717) is 19.6 Å². The fourth-order valence-corrected chi connectivity index (χ4v) is 5.03. The quantitative estimate of drug-likeness (QED) is 0.442. The third kappa shape index (κ3) is 6.50. The van der Waals surface area contributed by atoms with E-state index in [9.17, 15) is 9.18 Å². The zero-order valence-corrected chi connectivity index (χ0v) is 22.2. The molecule has 2 N–H and O–H groups in total. The lowest BCUT2D eigenvalue weighted by Crippen LogP contribution is -2.52. The van der Waals surface area contributed by atoms with Crippen LogP contribution in [0.15, 0.2) is 54.7 Å². The fourth-order valence-electron chi connectivity index (χ4n) is 5.03. The van der Waals surface area contributed by atoms with Crippen molar-refractivity contribution in [1.29, 1.82) is 0 Å². The molecule has 2 atom stereocenters. The van der Waals surface area contributed by atoms with Gasteiger partial charge in [-0.3, -0.25) is 0 Å². The maximum Gasteiger partial charge on any atom is 0.320 e. The molecule has 1 unspecified atom stereocenters. The number of carbonyl (C=O) groups is 1. The molecule has 0 radical (unpaired) electrons. The van der Waals surface area contributed by atoms with Gasteiger partial charge in [-0.15, -0.1) is 0 Å². The van der Waals surface area contributed by atoms with Crippen LogP contribution in [0.5, 0.6) is 0 Å². The van der Waals surface area contributed by atoms with Crippen LogP contribution < -0.4 is 5.73 Å². The minimum absolute atomic E-state index is 0.0768. The van der Waals surface area contributed by atoms with Gasteiger partial charge in [-0.2, -0.15) is 0 Å². The lowest BCUT2D eigenvalue weighted by Gasteiger charge is -2.43. The molecule has 1 aromatic heterocycles. The number of hydrogen-bond donors (Lipinski definition) is 1. The molecule has 3 aromatic rings. The van der Waals surface area contributed by atoms with E-state index in [0.717, 1.165) is 41.9 Å². The van der Waals surface area contributed by atoms with Crippen LogP contribution in [0.4, 0.5) is 9.18 Å². The number of amides is 2. The topological polar surface area (TPSA) is 67.4 Å². The van der Waals surface area contributed by atoms with Crippen LogP contribution in [-0.4, -0.2) is 57.7 Å². The van der Waals surface area contributed by atoms with Crippen molar-refractivity contribution in [2.45, 2.75) is 58.8 Å². The van der Waals surface area contributed by atoms with E-state index in [4.69, 9.17) is 10.7 Å². The van der Waals surface area contributed by atoms with Crippen molar-refractivity contribution in [3.05, 3.63) is 78.2 Å². The fraction of sp³-hybridized carbons (Fsp3) is 0.467. The van der Waals surface area contributed by atoms with Gasteiger partial charge < -0.3 is 20.1 Å². The Morgan fingerprint density at radius 3 is 2.49 bits per heavy atom. The van der Waals surface area contributed by atoms with Gasteiger partial charge >= 0.3 is 6.03 Å². The maximum absolute atomic E-state index is 14.9. The normalized spacial score (nSPS) is 15.6. The largest absolute Gasteiger partial charge is 0.328 e. The molecule has 2 amide bonds. The minimum atomic E-state index is -1.33. The smallest absolute Gasteiger partial charge is 0.320 e. The van der Waals surface area contributed by atoms with E-state index in [1.54, 1.807) is 11.0 Å². The number of imidazole rings is 1. The first kappa shape index (κ1) is 26.7. The molecule has 1 saturated heterocycles. The molecule has 0 saturated carbocycles. The van der Waals surface area contributed by atoms with Crippen molar-refractivity contribution in [3.63, 3.8) is 0 Å². The lowest BCUT2D eigenvalue weighted by atomic mass is 9.84. The highest BCUT2D eigenvalue weighted by Gasteiger charge is 2.41. The molecule has 7 heteroatoms. The predicted molar refractivity (Wildman–Crippen MR) is 145 cm³/mol. The summed E-state index contributed by atoms with van der Waals surface area (Å²) in [5.74, 6) is 0.721. The molecule has 4 rings (SSSR count). The molecule has 2 aromatic carbocycles. The lowest BCUT2D eigenvalue weighted by molar-refractivity contribution is 0.0642. The molecule has 0 aliphatic carbocycles. The summed E-state index contributed by atoms with van der Waals surface area (Å²) in [4.78, 5) is 22.6. The molecule has 1 aliphatic rings. The van der Waals surface area contributed by atoms with Crippen molar-refractivity contribution in [2.75, 3.05) is 26.2 Å². The zero-order valence-electron chi connectivity index (χ0n) is 22.2. The first-order chi connectivity index (χ1) is 17.8. The molecular formula is C30H38FN5O. The third-order valence-corrected chi connectivity index (χ3v) is 6.83. The number of alkyl halides is 1. The summed E-state index contributed by atoms with van der Waals surface area (Å²) in [6.45, 7) is 7.96. The number of nitrogens with two attached hydrogens (primary N) is 1. The average Bonchev–Trinajstić information content (AvgIpc) is 3.31. The molecule has 1 fully saturated rings. The number of benzene rings is 1. The van der Waals surface area contributed by atoms with Crippen molar-refractivity contribution in [1.82, 2.24) is 19.4 Å². The van der Waals surface area contributed by atoms with E-state index in [2.05, 4.69) is 49.6 Å². The molecule has 2 heterocycles. The maximum atomic E-state index is 14.9. The Kier molecular flexibility index (Phi) is 8.50. The molecule has 0 bridgehead atoms. The number of hydrogen-bond acceptors (Lipinski definition) is 3. The Morgan fingerprint density at radius 1 is 1.14 bits per heavy atom. The monoisotopic (exact) mass is 503 g/mol. The first-order valence-electron chi connectivity index (χ1n) is 13.2. The summed E-state index contributed by atoms with van der Waals surface area (Å²) >= 11 is 0. The Bertz CT molecular complexity index is 1140. The van der Waals surface area contributed by atoms with E-state index in [-0.39, 0.29) is 19.1 Å². The number of nitrogens with zero attached hydrogens (tertiary/aromatic N) is 4. The van der Waals surface area contributed by atoms with E-state index in [1.165, 1.54) is 0 Å². The predicted octanol–water partition coefficient (Wildman–Crippen LogP) is 5.49. The number of halogens is 1. The first-order valence-corrected chi connectivity index (χ1v) is 13.2. The van der Waals surface area contributed by atoms with Gasteiger partial charge in [0.15, 0.2) is 0 Å². The van der Waals surface area contributed by atoms with Crippen LogP contribution in [-0.2, 0) is 6.54 Å². The molecule has 196 valence electrons. The number of likely N-dealkylation sites (tertiary alicyclic amines) is 1. The standard InChI is InChI=1S/C30H38FN5O/c1-30(2,3)27(36(21-25(31)19-32)29(37)34-17-11-6-12-18-34)28-33-26(24-15-9-5-10-16-24)22-35(28)20-23-13-7-4-8-14-23/h4-5,7-9,13-15,22,25,27H,6,11-12,17-21,32H2,1-3H3/t25?,27-/m0/s1. The number of carbonyl (C=O) groups excluding carboxylic acids is 1. The summed E-state index contributed by atoms with van der Waals surface area (Å²) in [7, 11) is 0. The number of urea groups is 1. The van der Waals surface area contributed by atoms with Crippen molar-refractivity contribution in [3.8, 4) is 11.3 Å². The highest BCUT2D eigenvalue weighted by molar-refractivity contribution is 5.75. The van der Waals surface area contributed by atoms with Gasteiger partial charge in [0.05, 0.1) is 23.8 Å². The van der Waals surface area contributed by atoms with Gasteiger partial charge in [0.1, 0.15) is 12.0 Å². The Labute approximate surface area is 220 Å². The summed E-state index contributed by atoms with van der Waals surface area (Å²) in [5, 5.41) is 0. The number of rotatable bonds is 8. The van der Waals surface area contributed by atoms with E-state index in [1.807, 2.05) is 41.4 Å². The molecule has 6 nitrogen and oxygen atoms in total. The van der Waals surface area contributed by atoms with Crippen LogP contribution in [0, 0.1) is 17.5 Å². The van der Waals surface area contributed by atoms with Crippen LogP contribution in [0.3, 0.4) is 0 Å². The van der Waals surface area contributed by atoms with Gasteiger partial charge in [-0.05, 0) is 42.4 Å². The van der Waals surface area contributed by atoms with Gasteiger partial charge in [-0.1, -0.05) is 69.3 Å². The SMILES string of the molecule is CC(C)(C)[C@H](c1nc(-c2c#cccc2)cn1Cc1ccccc1)N(CC(F)CN)C(=O)N1CCCCC1. The van der Waals surface area contributed by atoms with Gasteiger partial charge in [0.25, 0.3) is 0 Å². The van der Waals surface area contributed by atoms with Crippen LogP contribution >= 0.6 is 0 Å². The Morgan fingerprint density at radius 2 is 1.86 bits per heavy atom. The van der Waals surface area contributed by atoms with Crippen molar-refractivity contribution >= 4 is 6.03 Å². The second kappa shape index (κ2) is 11.8. The Balaban J connectivity index is 1.83. The number of piperidine rings is 1. The van der Waals surface area contributed by atoms with Crippen LogP contribution in [0.1, 0.15) is 57.5 Å². The summed E-state index contributed by atoms with van der Waals surface area (Å²) in [5.41, 5.74) is 7.96. The van der Waals surface area contributed by atoms with Gasteiger partial charge in [-0.25, -0.2) is 14.2 Å². The minimum Gasteiger partial charge on any atom is -0.328 e. The van der Waals surface area contributed by atoms with Gasteiger partial charge in [0, 0.05) is 32.4 Å². The highest BCUT2D eigenvalue weighted by Crippen LogP contribution is 2.40. The summed E-state index contributed by atoms with van der Waals surface area (Å²) in [6.07, 6.45) is 3.70. The summed E-state index contributed by atoms with van der Waals surface area (Å²) < 4.78 is 17.0. The van der Waals surface area contributed by atoms with E-state index >= 15 is 0 Å². The molecule has 0 spiro atoms. The zero-order chi connectivity index (χ0) is 26.4. The second-order valence-electron chi connectivity index (χ2n) is 10.9. The molecule has 1 aliphatic heterocycles. The molecule has 37 heavy (non-hydrogen) atoms. The average molecular weight is 504 g/mol. The van der Waals surface area contributed by atoms with Crippen LogP contribution in [0.25, 0.3) is 11.3 Å². The number of aromatic nitrogens is 2. The highest BCUT2D eigenvalue weighted by atomic mass is 19.1. The van der Waals surface area contributed by atoms with Crippen LogP contribution in [0.2, 0.25) is 0 Å². The Hall–Kier alpha value is -3.37. The third-order valence-electron chi connectivity index (χ3n) is 6.83. The molecular weight excluding hydrogens is 465 g/mol. The van der Waals surface area contributed by atoms with Crippen molar-refractivity contribution in [2.24, 2.45) is 11.1 Å². The second-order valence-corrected chi connectivity index (χ2v) is 10.9. The van der Waals surface area contributed by atoms with E-state index < -0.39 is 17.6 Å². The van der Waals surface area contributed by atoms with Gasteiger partial charge in [0.2, 0.25) is 0 Å².